The van der Waals surface area contributed by atoms with E-state index in [1.165, 1.54) is 0 Å². The molecule has 0 saturated heterocycles. The smallest absolute Gasteiger partial charge is 0.335 e. The van der Waals surface area contributed by atoms with Crippen LogP contribution in [0.5, 0.6) is 0 Å². The molecule has 0 radical (unpaired) electrons. The lowest BCUT2D eigenvalue weighted by Crippen LogP contribution is -1.99. The SMILES string of the molecule is CC.CC.CCc1cc(CC)cc(C(=O)O)c1. The monoisotopic (exact) mass is 238 g/mol. The third kappa shape index (κ3) is 6.77. The summed E-state index contributed by atoms with van der Waals surface area (Å²) < 4.78 is 0. The second kappa shape index (κ2) is 11.2. The van der Waals surface area contributed by atoms with E-state index in [0.717, 1.165) is 24.0 Å². The van der Waals surface area contributed by atoms with Crippen molar-refractivity contribution in [3.8, 4) is 0 Å². The number of hydrogen-bond acceptors (Lipinski definition) is 1. The first kappa shape index (κ1) is 18.1. The lowest BCUT2D eigenvalue weighted by atomic mass is 10.0. The standard InChI is InChI=1S/C11H14O2.2C2H6/c1-3-8-5-9(4-2)7-10(6-8)11(12)13;2*1-2/h5-7H,3-4H2,1-2H3,(H,12,13);2*1-2H3. The van der Waals surface area contributed by atoms with Crippen molar-refractivity contribution >= 4 is 5.97 Å². The van der Waals surface area contributed by atoms with Crippen LogP contribution in [0.2, 0.25) is 0 Å². The zero-order valence-electron chi connectivity index (χ0n) is 12.0. The van der Waals surface area contributed by atoms with Gasteiger partial charge < -0.3 is 5.11 Å². The summed E-state index contributed by atoms with van der Waals surface area (Å²) in [7, 11) is 0. The third-order valence-corrected chi connectivity index (χ3v) is 2.12. The Hall–Kier alpha value is -1.31. The Kier molecular flexibility index (Phi) is 11.9. The molecule has 1 N–H and O–H groups in total. The highest BCUT2D eigenvalue weighted by molar-refractivity contribution is 5.88. The molecule has 1 aromatic rings. The molecule has 17 heavy (non-hydrogen) atoms. The highest BCUT2D eigenvalue weighted by atomic mass is 16.4. The van der Waals surface area contributed by atoms with Crippen LogP contribution in [0, 0.1) is 0 Å². The van der Waals surface area contributed by atoms with Crippen LogP contribution in [0.1, 0.15) is 63.0 Å². The quantitative estimate of drug-likeness (QED) is 0.838. The van der Waals surface area contributed by atoms with Crippen LogP contribution in [0.15, 0.2) is 18.2 Å². The molecule has 0 atom stereocenters. The van der Waals surface area contributed by atoms with Crippen LogP contribution in [0.25, 0.3) is 0 Å². The highest BCUT2D eigenvalue weighted by Gasteiger charge is 2.04. The number of hydrogen-bond donors (Lipinski definition) is 1. The Morgan fingerprint density at radius 1 is 0.941 bits per heavy atom. The van der Waals surface area contributed by atoms with Gasteiger partial charge in [-0.15, -0.1) is 0 Å². The van der Waals surface area contributed by atoms with Gasteiger partial charge in [0.2, 0.25) is 0 Å². The number of aryl methyl sites for hydroxylation is 2. The Morgan fingerprint density at radius 3 is 1.53 bits per heavy atom. The van der Waals surface area contributed by atoms with E-state index in [2.05, 4.69) is 6.07 Å². The van der Waals surface area contributed by atoms with Crippen molar-refractivity contribution in [1.29, 1.82) is 0 Å². The van der Waals surface area contributed by atoms with Gasteiger partial charge in [0.05, 0.1) is 5.56 Å². The maximum absolute atomic E-state index is 10.7. The van der Waals surface area contributed by atoms with E-state index < -0.39 is 5.97 Å². The molecule has 2 nitrogen and oxygen atoms in total. The molecule has 0 aliphatic heterocycles. The summed E-state index contributed by atoms with van der Waals surface area (Å²) in [5.74, 6) is -0.843. The topological polar surface area (TPSA) is 37.3 Å². The minimum Gasteiger partial charge on any atom is -0.478 e. The van der Waals surface area contributed by atoms with Crippen molar-refractivity contribution in [2.24, 2.45) is 0 Å². The second-order valence-electron chi connectivity index (χ2n) is 3.05. The Labute approximate surface area is 106 Å². The highest BCUT2D eigenvalue weighted by Crippen LogP contribution is 2.11. The first-order valence-corrected chi connectivity index (χ1v) is 6.53. The van der Waals surface area contributed by atoms with Crippen molar-refractivity contribution in [2.45, 2.75) is 54.4 Å². The van der Waals surface area contributed by atoms with Crippen molar-refractivity contribution in [1.82, 2.24) is 0 Å². The number of rotatable bonds is 3. The fourth-order valence-corrected chi connectivity index (χ4v) is 1.29. The van der Waals surface area contributed by atoms with Gasteiger partial charge in [-0.3, -0.25) is 0 Å². The van der Waals surface area contributed by atoms with Gasteiger partial charge in [0, 0.05) is 0 Å². The molecule has 0 unspecified atom stereocenters. The van der Waals surface area contributed by atoms with E-state index in [1.807, 2.05) is 41.5 Å². The molecule has 0 aromatic heterocycles. The molecule has 1 aromatic carbocycles. The molecule has 98 valence electrons. The van der Waals surface area contributed by atoms with Gasteiger partial charge in [0.25, 0.3) is 0 Å². The van der Waals surface area contributed by atoms with Gasteiger partial charge >= 0.3 is 5.97 Å². The number of carbonyl (C=O) groups is 1. The molecule has 0 heterocycles. The largest absolute Gasteiger partial charge is 0.478 e. The summed E-state index contributed by atoms with van der Waals surface area (Å²) in [4.78, 5) is 10.7. The average molecular weight is 238 g/mol. The number of aromatic carboxylic acids is 1. The fourth-order valence-electron chi connectivity index (χ4n) is 1.29. The molecule has 0 saturated carbocycles. The predicted octanol–water partition coefficient (Wildman–Crippen LogP) is 4.56. The zero-order valence-corrected chi connectivity index (χ0v) is 12.0. The average Bonchev–Trinajstić information content (AvgIpc) is 2.42. The van der Waals surface area contributed by atoms with Crippen molar-refractivity contribution in [2.75, 3.05) is 0 Å². The van der Waals surface area contributed by atoms with Gasteiger partial charge in [0.15, 0.2) is 0 Å². The maximum Gasteiger partial charge on any atom is 0.335 e. The van der Waals surface area contributed by atoms with Crippen LogP contribution in [0.4, 0.5) is 0 Å². The zero-order chi connectivity index (χ0) is 13.8. The minimum absolute atomic E-state index is 0.399. The normalized spacial score (nSPS) is 8.35. The van der Waals surface area contributed by atoms with Crippen molar-refractivity contribution < 1.29 is 9.90 Å². The van der Waals surface area contributed by atoms with Gasteiger partial charge in [-0.05, 0) is 36.1 Å². The lowest BCUT2D eigenvalue weighted by molar-refractivity contribution is 0.0696. The third-order valence-electron chi connectivity index (χ3n) is 2.12. The summed E-state index contributed by atoms with van der Waals surface area (Å²) in [6.45, 7) is 12.1. The van der Waals surface area contributed by atoms with Crippen LogP contribution in [-0.2, 0) is 12.8 Å². The molecule has 2 heteroatoms. The fraction of sp³-hybridized carbons (Fsp3) is 0.533. The summed E-state index contributed by atoms with van der Waals surface area (Å²) in [6.07, 6.45) is 1.77. The van der Waals surface area contributed by atoms with Gasteiger partial charge in [-0.1, -0.05) is 47.6 Å². The summed E-state index contributed by atoms with van der Waals surface area (Å²) >= 11 is 0. The van der Waals surface area contributed by atoms with Crippen LogP contribution in [0.3, 0.4) is 0 Å². The summed E-state index contributed by atoms with van der Waals surface area (Å²) in [5, 5.41) is 8.82. The predicted molar refractivity (Wildman–Crippen MR) is 74.9 cm³/mol. The minimum atomic E-state index is -0.843. The molecular weight excluding hydrogens is 212 g/mol. The van der Waals surface area contributed by atoms with Gasteiger partial charge in [-0.2, -0.15) is 0 Å². The molecule has 0 aliphatic carbocycles. The molecule has 0 amide bonds. The van der Waals surface area contributed by atoms with Crippen molar-refractivity contribution in [3.05, 3.63) is 34.9 Å². The molecule has 0 fully saturated rings. The van der Waals surface area contributed by atoms with Gasteiger partial charge in [0.1, 0.15) is 0 Å². The van der Waals surface area contributed by atoms with Crippen LogP contribution < -0.4 is 0 Å². The maximum atomic E-state index is 10.7. The van der Waals surface area contributed by atoms with Crippen LogP contribution >= 0.6 is 0 Å². The first-order chi connectivity index (χ1) is 8.17. The van der Waals surface area contributed by atoms with E-state index in [4.69, 9.17) is 5.11 Å². The number of benzene rings is 1. The lowest BCUT2D eigenvalue weighted by Gasteiger charge is -2.03. The van der Waals surface area contributed by atoms with Gasteiger partial charge in [-0.25, -0.2) is 4.79 Å². The molecule has 0 spiro atoms. The van der Waals surface area contributed by atoms with E-state index >= 15 is 0 Å². The molecule has 0 aliphatic rings. The Morgan fingerprint density at radius 2 is 1.29 bits per heavy atom. The van der Waals surface area contributed by atoms with E-state index in [9.17, 15) is 4.79 Å². The molecule has 1 rings (SSSR count). The van der Waals surface area contributed by atoms with E-state index in [1.54, 1.807) is 12.1 Å². The van der Waals surface area contributed by atoms with E-state index in [-0.39, 0.29) is 0 Å². The van der Waals surface area contributed by atoms with Crippen LogP contribution in [-0.4, -0.2) is 11.1 Å². The van der Waals surface area contributed by atoms with Crippen molar-refractivity contribution in [3.63, 3.8) is 0 Å². The first-order valence-electron chi connectivity index (χ1n) is 6.53. The second-order valence-corrected chi connectivity index (χ2v) is 3.05. The van der Waals surface area contributed by atoms with E-state index in [0.29, 0.717) is 5.56 Å². The Balaban J connectivity index is 0. The molecule has 0 bridgehead atoms. The summed E-state index contributed by atoms with van der Waals surface area (Å²) in [6, 6.07) is 5.54. The number of carboxylic acid groups (broad SMARTS) is 1. The summed E-state index contributed by atoms with van der Waals surface area (Å²) in [5.41, 5.74) is 2.59. The Bertz CT molecular complexity index is 294. The molecular formula is C15H26O2. The number of carboxylic acids is 1.